The lowest BCUT2D eigenvalue weighted by atomic mass is 10.2. The Bertz CT molecular complexity index is 511. The molecule has 0 amide bonds. The topological polar surface area (TPSA) is 64.6 Å². The van der Waals surface area contributed by atoms with Gasteiger partial charge in [0.1, 0.15) is 4.21 Å². The molecule has 1 aromatic heterocycles. The minimum atomic E-state index is -3.44. The van der Waals surface area contributed by atoms with Gasteiger partial charge in [-0.05, 0) is 31.4 Å². The van der Waals surface area contributed by atoms with Crippen molar-refractivity contribution in [3.05, 3.63) is 16.5 Å². The summed E-state index contributed by atoms with van der Waals surface area (Å²) in [7, 11) is -3.44. The molecular weight excluding hydrogens is 322 g/mol. The molecular formula is C12H18ClNO4S2. The van der Waals surface area contributed by atoms with E-state index in [-0.39, 0.29) is 10.3 Å². The number of halogens is 1. The van der Waals surface area contributed by atoms with Crippen LogP contribution in [0.5, 0.6) is 0 Å². The van der Waals surface area contributed by atoms with Gasteiger partial charge in [0.15, 0.2) is 0 Å². The number of ether oxygens (including phenoxy) is 2. The van der Waals surface area contributed by atoms with Crippen LogP contribution in [-0.4, -0.2) is 40.9 Å². The van der Waals surface area contributed by atoms with E-state index >= 15 is 0 Å². The number of thiophene rings is 1. The van der Waals surface area contributed by atoms with Gasteiger partial charge in [-0.25, -0.2) is 13.1 Å². The summed E-state index contributed by atoms with van der Waals surface area (Å²) >= 11 is 6.77. The first-order valence-electron chi connectivity index (χ1n) is 6.52. The molecule has 2 rings (SSSR count). The van der Waals surface area contributed by atoms with Crippen LogP contribution in [0, 0.1) is 0 Å². The van der Waals surface area contributed by atoms with E-state index in [2.05, 4.69) is 4.72 Å². The van der Waals surface area contributed by atoms with Gasteiger partial charge in [-0.3, -0.25) is 0 Å². The Labute approximate surface area is 128 Å². The summed E-state index contributed by atoms with van der Waals surface area (Å²) in [6.07, 6.45) is 2.98. The van der Waals surface area contributed by atoms with E-state index in [1.807, 2.05) is 0 Å². The van der Waals surface area contributed by atoms with Crippen LogP contribution in [-0.2, 0) is 19.5 Å². The van der Waals surface area contributed by atoms with E-state index in [0.29, 0.717) is 30.5 Å². The minimum absolute atomic E-state index is 0.208. The summed E-state index contributed by atoms with van der Waals surface area (Å²) in [5.74, 6) is 0. The molecule has 0 spiro atoms. The molecule has 20 heavy (non-hydrogen) atoms. The van der Waals surface area contributed by atoms with Crippen molar-refractivity contribution in [3.63, 3.8) is 0 Å². The molecule has 1 unspecified atom stereocenters. The summed E-state index contributed by atoms with van der Waals surface area (Å²) < 4.78 is 37.9. The Kier molecular flexibility index (Phi) is 6.25. The highest BCUT2D eigenvalue weighted by molar-refractivity contribution is 7.91. The Morgan fingerprint density at radius 3 is 3.00 bits per heavy atom. The van der Waals surface area contributed by atoms with Crippen molar-refractivity contribution in [1.29, 1.82) is 0 Å². The maximum atomic E-state index is 11.9. The van der Waals surface area contributed by atoms with Crippen molar-refractivity contribution in [2.75, 3.05) is 26.4 Å². The summed E-state index contributed by atoms with van der Waals surface area (Å²) in [6.45, 7) is 2.28. The maximum absolute atomic E-state index is 11.9. The van der Waals surface area contributed by atoms with Crippen molar-refractivity contribution in [2.24, 2.45) is 0 Å². The monoisotopic (exact) mass is 339 g/mol. The molecule has 1 atom stereocenters. The van der Waals surface area contributed by atoms with Crippen LogP contribution in [0.25, 0.3) is 0 Å². The van der Waals surface area contributed by atoms with E-state index in [1.54, 1.807) is 6.07 Å². The van der Waals surface area contributed by atoms with Crippen LogP contribution in [0.4, 0.5) is 0 Å². The van der Waals surface area contributed by atoms with Gasteiger partial charge >= 0.3 is 0 Å². The third-order valence-corrected chi connectivity index (χ3v) is 6.08. The molecule has 114 valence electrons. The van der Waals surface area contributed by atoms with Gasteiger partial charge in [0.05, 0.1) is 17.0 Å². The average Bonchev–Trinajstić information content (AvgIpc) is 3.05. The van der Waals surface area contributed by atoms with Crippen LogP contribution >= 0.6 is 22.9 Å². The Balaban J connectivity index is 1.60. The van der Waals surface area contributed by atoms with Crippen LogP contribution in [0.2, 0.25) is 4.34 Å². The molecule has 1 aromatic rings. The molecule has 0 bridgehead atoms. The largest absolute Gasteiger partial charge is 0.379 e. The minimum Gasteiger partial charge on any atom is -0.379 e. The van der Waals surface area contributed by atoms with Gasteiger partial charge in [-0.2, -0.15) is 0 Å². The van der Waals surface area contributed by atoms with E-state index in [1.165, 1.54) is 6.07 Å². The van der Waals surface area contributed by atoms with Crippen molar-refractivity contribution in [3.8, 4) is 0 Å². The van der Waals surface area contributed by atoms with Gasteiger partial charge < -0.3 is 9.47 Å². The van der Waals surface area contributed by atoms with Crippen molar-refractivity contribution >= 4 is 33.0 Å². The molecule has 1 saturated heterocycles. The van der Waals surface area contributed by atoms with E-state index in [9.17, 15) is 8.42 Å². The number of sulfonamides is 1. The predicted octanol–water partition coefficient (Wildman–Crippen LogP) is 2.27. The van der Waals surface area contributed by atoms with Crippen LogP contribution in [0.3, 0.4) is 0 Å². The first-order chi connectivity index (χ1) is 9.58. The van der Waals surface area contributed by atoms with Crippen molar-refractivity contribution in [2.45, 2.75) is 29.6 Å². The maximum Gasteiger partial charge on any atom is 0.250 e. The third kappa shape index (κ3) is 4.98. The molecule has 0 radical (unpaired) electrons. The molecule has 8 heteroatoms. The number of rotatable bonds is 8. The predicted molar refractivity (Wildman–Crippen MR) is 78.9 cm³/mol. The van der Waals surface area contributed by atoms with Crippen molar-refractivity contribution < 1.29 is 17.9 Å². The summed E-state index contributed by atoms with van der Waals surface area (Å²) in [5, 5.41) is 0. The smallest absolute Gasteiger partial charge is 0.250 e. The van der Waals surface area contributed by atoms with Gasteiger partial charge in [-0.1, -0.05) is 11.6 Å². The second-order valence-corrected chi connectivity index (χ2v) is 8.23. The second-order valence-electron chi connectivity index (χ2n) is 4.52. The Morgan fingerprint density at radius 1 is 1.50 bits per heavy atom. The lowest BCUT2D eigenvalue weighted by Crippen LogP contribution is -2.25. The summed E-state index contributed by atoms with van der Waals surface area (Å²) in [6, 6.07) is 3.08. The highest BCUT2D eigenvalue weighted by atomic mass is 35.5. The molecule has 0 aliphatic carbocycles. The molecule has 5 nitrogen and oxygen atoms in total. The molecule has 1 N–H and O–H groups in total. The van der Waals surface area contributed by atoms with Gasteiger partial charge in [0.2, 0.25) is 10.0 Å². The molecule has 1 aliphatic rings. The first kappa shape index (κ1) is 16.2. The van der Waals surface area contributed by atoms with E-state index in [4.69, 9.17) is 21.1 Å². The number of hydrogen-bond acceptors (Lipinski definition) is 5. The van der Waals surface area contributed by atoms with E-state index in [0.717, 1.165) is 30.8 Å². The highest BCUT2D eigenvalue weighted by Crippen LogP contribution is 2.25. The third-order valence-electron chi connectivity index (χ3n) is 2.90. The second kappa shape index (κ2) is 7.72. The molecule has 2 heterocycles. The quantitative estimate of drug-likeness (QED) is 0.738. The number of hydrogen-bond donors (Lipinski definition) is 1. The summed E-state index contributed by atoms with van der Waals surface area (Å²) in [5.41, 5.74) is 0. The van der Waals surface area contributed by atoms with Crippen LogP contribution in [0.1, 0.15) is 19.3 Å². The lowest BCUT2D eigenvalue weighted by Gasteiger charge is -2.10. The molecule has 1 aliphatic heterocycles. The zero-order valence-corrected chi connectivity index (χ0v) is 13.4. The molecule has 0 saturated carbocycles. The van der Waals surface area contributed by atoms with Crippen LogP contribution < -0.4 is 4.72 Å². The molecule has 1 fully saturated rings. The van der Waals surface area contributed by atoms with Gasteiger partial charge in [0.25, 0.3) is 0 Å². The zero-order chi connectivity index (χ0) is 14.4. The average molecular weight is 340 g/mol. The zero-order valence-electron chi connectivity index (χ0n) is 11.0. The molecule has 0 aromatic carbocycles. The SMILES string of the molecule is O=S(=O)(NCCCOCC1CCCO1)c1ccc(Cl)s1. The Hall–Kier alpha value is -0.180. The fourth-order valence-electron chi connectivity index (χ4n) is 1.88. The number of nitrogens with one attached hydrogen (secondary N) is 1. The Morgan fingerprint density at radius 2 is 2.35 bits per heavy atom. The standard InChI is InChI=1S/C12H18ClNO4S2/c13-11-4-5-12(19-11)20(15,16)14-6-2-7-17-9-10-3-1-8-18-10/h4-5,10,14H,1-3,6-9H2. The first-order valence-corrected chi connectivity index (χ1v) is 9.20. The lowest BCUT2D eigenvalue weighted by molar-refractivity contribution is 0.0169. The fraction of sp³-hybridized carbons (Fsp3) is 0.667. The fourth-order valence-corrected chi connectivity index (χ4v) is 4.49. The van der Waals surface area contributed by atoms with Gasteiger partial charge in [-0.15, -0.1) is 11.3 Å². The van der Waals surface area contributed by atoms with Crippen LogP contribution in [0.15, 0.2) is 16.3 Å². The highest BCUT2D eigenvalue weighted by Gasteiger charge is 2.16. The van der Waals surface area contributed by atoms with Crippen molar-refractivity contribution in [1.82, 2.24) is 4.72 Å². The van der Waals surface area contributed by atoms with E-state index < -0.39 is 10.0 Å². The summed E-state index contributed by atoms with van der Waals surface area (Å²) in [4.78, 5) is 0. The normalized spacial score (nSPS) is 19.6. The van der Waals surface area contributed by atoms with Gasteiger partial charge in [0, 0.05) is 19.8 Å².